The van der Waals surface area contributed by atoms with E-state index in [9.17, 15) is 14.4 Å². The molecule has 0 aliphatic rings. The highest BCUT2D eigenvalue weighted by Gasteiger charge is 2.19. The second-order valence-corrected chi connectivity index (χ2v) is 10.1. The van der Waals surface area contributed by atoms with Gasteiger partial charge in [-0.25, -0.2) is 4.79 Å². The number of aryl methyl sites for hydroxylation is 1. The second kappa shape index (κ2) is 12.5. The first kappa shape index (κ1) is 27.1. The van der Waals surface area contributed by atoms with E-state index < -0.39 is 5.97 Å². The lowest BCUT2D eigenvalue weighted by molar-refractivity contribution is -0.113. The molecule has 196 valence electrons. The largest absolute Gasteiger partial charge is 0.462 e. The molecule has 0 bridgehead atoms. The molecule has 2 N–H and O–H groups in total. The third-order valence-electron chi connectivity index (χ3n) is 5.68. The summed E-state index contributed by atoms with van der Waals surface area (Å²) in [6.07, 6.45) is 0. The maximum absolute atomic E-state index is 12.7. The fourth-order valence-corrected chi connectivity index (χ4v) is 5.02. The first-order valence-corrected chi connectivity index (χ1v) is 13.8. The first-order valence-electron chi connectivity index (χ1n) is 11.9. The maximum Gasteiger partial charge on any atom is 0.338 e. The number of ether oxygens (including phenoxy) is 1. The van der Waals surface area contributed by atoms with E-state index in [2.05, 4.69) is 20.8 Å². The molecule has 2 aromatic heterocycles. The Hall–Kier alpha value is -3.96. The molecule has 0 saturated heterocycles. The van der Waals surface area contributed by atoms with Crippen molar-refractivity contribution in [3.05, 3.63) is 87.4 Å². The summed E-state index contributed by atoms with van der Waals surface area (Å²) in [4.78, 5) is 37.6. The van der Waals surface area contributed by atoms with E-state index in [1.54, 1.807) is 37.3 Å². The van der Waals surface area contributed by atoms with Gasteiger partial charge in [0.25, 0.3) is 5.91 Å². The number of thiophene rings is 1. The van der Waals surface area contributed by atoms with Gasteiger partial charge in [0.2, 0.25) is 5.91 Å². The summed E-state index contributed by atoms with van der Waals surface area (Å²) in [5.41, 5.74) is 4.01. The molecule has 0 unspecified atom stereocenters. The molecule has 0 radical (unpaired) electrons. The third-order valence-corrected chi connectivity index (χ3v) is 7.48. The van der Waals surface area contributed by atoms with Gasteiger partial charge in [0, 0.05) is 5.69 Å². The minimum atomic E-state index is -0.408. The number of nitrogens with zero attached hydrogens (tertiary/aromatic N) is 3. The first-order chi connectivity index (χ1) is 18.4. The van der Waals surface area contributed by atoms with Crippen LogP contribution in [0.1, 0.15) is 43.9 Å². The van der Waals surface area contributed by atoms with E-state index >= 15 is 0 Å². The molecule has 0 atom stereocenters. The SMILES string of the molecule is CCOC(=O)c1ccc(NC(=O)CSc2nnc(CNC(=O)c3cccs3)n2-c2cccc(C)c2C)cc1. The molecule has 2 aromatic carbocycles. The smallest absolute Gasteiger partial charge is 0.338 e. The van der Waals surface area contributed by atoms with Gasteiger partial charge in [-0.1, -0.05) is 30.0 Å². The molecule has 4 rings (SSSR count). The van der Waals surface area contributed by atoms with Crippen LogP contribution in [0.3, 0.4) is 0 Å². The molecule has 2 heterocycles. The Kier molecular flexibility index (Phi) is 8.93. The number of amides is 2. The average molecular weight is 550 g/mol. The minimum absolute atomic E-state index is 0.0875. The Morgan fingerprint density at radius 2 is 1.82 bits per heavy atom. The predicted octanol–water partition coefficient (Wildman–Crippen LogP) is 4.78. The standard InChI is InChI=1S/C27H27N5O4S2/c1-4-36-26(35)19-10-12-20(13-11-19)29-24(33)16-38-27-31-30-23(15-28-25(34)22-9-6-14-37-22)32(27)21-8-5-7-17(2)18(21)3/h5-14H,4,15-16H2,1-3H3,(H,28,34)(H,29,33). The van der Waals surface area contributed by atoms with Gasteiger partial charge in [0.05, 0.1) is 35.0 Å². The highest BCUT2D eigenvalue weighted by atomic mass is 32.2. The summed E-state index contributed by atoms with van der Waals surface area (Å²) in [5.74, 6) is -0.181. The Morgan fingerprint density at radius 1 is 1.03 bits per heavy atom. The summed E-state index contributed by atoms with van der Waals surface area (Å²) in [6.45, 7) is 6.25. The number of anilines is 1. The van der Waals surface area contributed by atoms with Crippen LogP contribution in [0.4, 0.5) is 5.69 Å². The van der Waals surface area contributed by atoms with Crippen molar-refractivity contribution in [3.63, 3.8) is 0 Å². The molecule has 0 fully saturated rings. The number of esters is 1. The van der Waals surface area contributed by atoms with Crippen LogP contribution in [0, 0.1) is 13.8 Å². The zero-order valence-electron chi connectivity index (χ0n) is 21.2. The van der Waals surface area contributed by atoms with E-state index in [4.69, 9.17) is 4.74 Å². The zero-order valence-corrected chi connectivity index (χ0v) is 22.8. The second-order valence-electron chi connectivity index (χ2n) is 8.25. The maximum atomic E-state index is 12.7. The van der Waals surface area contributed by atoms with Gasteiger partial charge in [-0.05, 0) is 73.7 Å². The summed E-state index contributed by atoms with van der Waals surface area (Å²) < 4.78 is 6.86. The number of thioether (sulfide) groups is 1. The molecule has 38 heavy (non-hydrogen) atoms. The van der Waals surface area contributed by atoms with Crippen molar-refractivity contribution in [1.29, 1.82) is 0 Å². The van der Waals surface area contributed by atoms with Gasteiger partial charge >= 0.3 is 5.97 Å². The normalized spacial score (nSPS) is 10.7. The number of hydrogen-bond acceptors (Lipinski definition) is 8. The molecule has 0 saturated carbocycles. The lowest BCUT2D eigenvalue weighted by Crippen LogP contribution is -2.24. The highest BCUT2D eigenvalue weighted by Crippen LogP contribution is 2.26. The van der Waals surface area contributed by atoms with E-state index in [1.165, 1.54) is 23.1 Å². The van der Waals surface area contributed by atoms with Crippen LogP contribution in [-0.4, -0.2) is 44.9 Å². The van der Waals surface area contributed by atoms with Gasteiger partial charge in [-0.15, -0.1) is 21.5 Å². The Labute approximate surface area is 228 Å². The Bertz CT molecular complexity index is 1430. The fraction of sp³-hybridized carbons (Fsp3) is 0.222. The van der Waals surface area contributed by atoms with Gasteiger partial charge in [0.15, 0.2) is 11.0 Å². The number of rotatable bonds is 10. The van der Waals surface area contributed by atoms with E-state index in [0.29, 0.717) is 33.7 Å². The average Bonchev–Trinajstić information content (AvgIpc) is 3.59. The monoisotopic (exact) mass is 549 g/mol. The topological polar surface area (TPSA) is 115 Å². The summed E-state index contributed by atoms with van der Waals surface area (Å²) in [7, 11) is 0. The van der Waals surface area contributed by atoms with Gasteiger partial charge in [-0.3, -0.25) is 14.2 Å². The minimum Gasteiger partial charge on any atom is -0.462 e. The molecule has 0 aliphatic carbocycles. The van der Waals surface area contributed by atoms with Crippen molar-refractivity contribution in [2.75, 3.05) is 17.7 Å². The quantitative estimate of drug-likeness (QED) is 0.216. The van der Waals surface area contributed by atoms with E-state index in [-0.39, 0.29) is 24.1 Å². The van der Waals surface area contributed by atoms with Crippen LogP contribution >= 0.6 is 23.1 Å². The van der Waals surface area contributed by atoms with Gasteiger partial charge in [-0.2, -0.15) is 0 Å². The van der Waals surface area contributed by atoms with Crippen LogP contribution in [0.15, 0.2) is 65.1 Å². The van der Waals surface area contributed by atoms with Crippen molar-refractivity contribution in [2.45, 2.75) is 32.5 Å². The number of aromatic nitrogens is 3. The third kappa shape index (κ3) is 6.48. The molecular formula is C27H27N5O4S2. The molecule has 0 spiro atoms. The highest BCUT2D eigenvalue weighted by molar-refractivity contribution is 7.99. The van der Waals surface area contributed by atoms with Gasteiger partial charge in [0.1, 0.15) is 0 Å². The Balaban J connectivity index is 1.48. The number of carbonyl (C=O) groups excluding carboxylic acids is 3. The lowest BCUT2D eigenvalue weighted by atomic mass is 10.1. The summed E-state index contributed by atoms with van der Waals surface area (Å²) >= 11 is 2.61. The summed E-state index contributed by atoms with van der Waals surface area (Å²) in [6, 6.07) is 16.0. The molecule has 0 aliphatic heterocycles. The van der Waals surface area contributed by atoms with E-state index in [0.717, 1.165) is 16.8 Å². The number of carbonyl (C=O) groups is 3. The van der Waals surface area contributed by atoms with Crippen LogP contribution in [0.5, 0.6) is 0 Å². The van der Waals surface area contributed by atoms with E-state index in [1.807, 2.05) is 48.1 Å². The molecule has 2 amide bonds. The lowest BCUT2D eigenvalue weighted by Gasteiger charge is -2.14. The molecule has 11 heteroatoms. The van der Waals surface area contributed by atoms with Crippen molar-refractivity contribution in [3.8, 4) is 5.69 Å². The van der Waals surface area contributed by atoms with Gasteiger partial charge < -0.3 is 15.4 Å². The van der Waals surface area contributed by atoms with Crippen molar-refractivity contribution in [2.24, 2.45) is 0 Å². The number of benzene rings is 2. The zero-order chi connectivity index (χ0) is 27.1. The fourth-order valence-electron chi connectivity index (χ4n) is 3.61. The van der Waals surface area contributed by atoms with Crippen LogP contribution in [0.2, 0.25) is 0 Å². The predicted molar refractivity (Wildman–Crippen MR) is 148 cm³/mol. The molecular weight excluding hydrogens is 522 g/mol. The van der Waals surface area contributed by atoms with Crippen molar-refractivity contribution in [1.82, 2.24) is 20.1 Å². The number of hydrogen-bond donors (Lipinski definition) is 2. The van der Waals surface area contributed by atoms with Crippen LogP contribution < -0.4 is 10.6 Å². The van der Waals surface area contributed by atoms with Crippen LogP contribution in [-0.2, 0) is 16.1 Å². The van der Waals surface area contributed by atoms with Crippen molar-refractivity contribution >= 4 is 46.6 Å². The summed E-state index contributed by atoms with van der Waals surface area (Å²) in [5, 5.41) is 16.8. The van der Waals surface area contributed by atoms with Crippen molar-refractivity contribution < 1.29 is 19.1 Å². The molecule has 9 nitrogen and oxygen atoms in total. The van der Waals surface area contributed by atoms with Crippen LogP contribution in [0.25, 0.3) is 5.69 Å². The number of nitrogens with one attached hydrogen (secondary N) is 2. The molecule has 4 aromatic rings. The Morgan fingerprint density at radius 3 is 2.53 bits per heavy atom.